The van der Waals surface area contributed by atoms with E-state index in [1.807, 2.05) is 24.3 Å². The van der Waals surface area contributed by atoms with Gasteiger partial charge in [0.25, 0.3) is 0 Å². The first-order chi connectivity index (χ1) is 30.7. The van der Waals surface area contributed by atoms with Crippen LogP contribution in [0.25, 0.3) is 76.9 Å². The molecule has 4 heteroatoms. The van der Waals surface area contributed by atoms with Crippen LogP contribution >= 0.6 is 0 Å². The number of furan rings is 2. The Morgan fingerprint density at radius 3 is 1.40 bits per heavy atom. The van der Waals surface area contributed by atoms with E-state index in [0.29, 0.717) is 0 Å². The zero-order chi connectivity index (χ0) is 41.0. The monoisotopic (exact) mass is 794 g/mol. The number of hydrogen-bond donors (Lipinski definition) is 0. The summed E-state index contributed by atoms with van der Waals surface area (Å²) in [7, 11) is 0. The Balaban J connectivity index is 1.03. The van der Waals surface area contributed by atoms with E-state index in [4.69, 9.17) is 8.83 Å². The minimum absolute atomic E-state index is 0.857. The van der Waals surface area contributed by atoms with Gasteiger partial charge in [-0.25, -0.2) is 0 Å². The van der Waals surface area contributed by atoms with E-state index >= 15 is 0 Å². The molecule has 2 heterocycles. The number of fused-ring (bicyclic) bond motifs is 7. The van der Waals surface area contributed by atoms with Crippen LogP contribution in [0.1, 0.15) is 0 Å². The molecule has 0 fully saturated rings. The van der Waals surface area contributed by atoms with Crippen molar-refractivity contribution in [1.82, 2.24) is 0 Å². The van der Waals surface area contributed by atoms with Crippen molar-refractivity contribution in [2.75, 3.05) is 9.80 Å². The average molecular weight is 795 g/mol. The normalized spacial score (nSPS) is 11.5. The Hall–Kier alpha value is -8.34. The standard InChI is InChI=1S/C58H38N2O2/c1-3-17-44(18-4-1)59(51-23-13-27-55-57(51)47-21-9-11-25-53(47)61-55)46-34-31-40(32-35-46)42-33-36-50(49(38-42)43-30-29-39-15-7-8-16-41(39)37-43)60(45-19-5-2-6-20-45)52-24-14-28-56-58(52)48-22-10-12-26-54(48)62-56/h1-38H. The molecule has 292 valence electrons. The Kier molecular flexibility index (Phi) is 8.46. The minimum Gasteiger partial charge on any atom is -0.456 e. The van der Waals surface area contributed by atoms with Gasteiger partial charge in [0, 0.05) is 33.4 Å². The zero-order valence-electron chi connectivity index (χ0n) is 33.7. The maximum atomic E-state index is 6.44. The number of hydrogen-bond acceptors (Lipinski definition) is 4. The van der Waals surface area contributed by atoms with Gasteiger partial charge in [-0.3, -0.25) is 0 Å². The maximum absolute atomic E-state index is 6.44. The van der Waals surface area contributed by atoms with Crippen LogP contribution in [0, 0.1) is 0 Å². The molecule has 0 aliphatic carbocycles. The van der Waals surface area contributed by atoms with Crippen molar-refractivity contribution in [3.05, 3.63) is 231 Å². The van der Waals surface area contributed by atoms with Crippen LogP contribution in [0.15, 0.2) is 239 Å². The SMILES string of the molecule is c1ccc(N(c2ccc(-c3ccc(N(c4ccccc4)c4cccc5oc6ccccc6c45)c(-c4ccc5ccccc5c4)c3)cc2)c2cccc3oc4ccccc4c23)cc1. The molecular weight excluding hydrogens is 757 g/mol. The fourth-order valence-electron chi connectivity index (χ4n) is 9.18. The summed E-state index contributed by atoms with van der Waals surface area (Å²) >= 11 is 0. The van der Waals surface area contributed by atoms with E-state index in [2.05, 4.69) is 216 Å². The summed E-state index contributed by atoms with van der Waals surface area (Å²) in [6.45, 7) is 0. The van der Waals surface area contributed by atoms with E-state index in [1.165, 1.54) is 10.8 Å². The smallest absolute Gasteiger partial charge is 0.137 e. The molecule has 12 aromatic rings. The number of nitrogens with zero attached hydrogens (tertiary/aromatic N) is 2. The van der Waals surface area contributed by atoms with Crippen molar-refractivity contribution in [1.29, 1.82) is 0 Å². The van der Waals surface area contributed by atoms with Gasteiger partial charge in [-0.15, -0.1) is 0 Å². The molecule has 12 rings (SSSR count). The third-order valence-electron chi connectivity index (χ3n) is 12.0. The molecule has 0 N–H and O–H groups in total. The molecule has 0 unspecified atom stereocenters. The number of anilines is 6. The van der Waals surface area contributed by atoms with E-state index in [0.717, 1.165) is 100 Å². The molecule has 0 aliphatic heterocycles. The first-order valence-corrected chi connectivity index (χ1v) is 21.0. The van der Waals surface area contributed by atoms with Gasteiger partial charge in [0.2, 0.25) is 0 Å². The molecule has 4 nitrogen and oxygen atoms in total. The molecule has 10 aromatic carbocycles. The van der Waals surface area contributed by atoms with Gasteiger partial charge in [0.15, 0.2) is 0 Å². The van der Waals surface area contributed by atoms with Crippen LogP contribution in [0.4, 0.5) is 34.1 Å². The second kappa shape index (κ2) is 14.7. The first-order valence-electron chi connectivity index (χ1n) is 21.0. The fraction of sp³-hybridized carbons (Fsp3) is 0. The lowest BCUT2D eigenvalue weighted by molar-refractivity contribution is 0.668. The highest BCUT2D eigenvalue weighted by molar-refractivity contribution is 6.15. The summed E-state index contributed by atoms with van der Waals surface area (Å²) in [5.41, 5.74) is 14.4. The van der Waals surface area contributed by atoms with Crippen LogP contribution in [-0.2, 0) is 0 Å². The van der Waals surface area contributed by atoms with Gasteiger partial charge in [-0.05, 0) is 118 Å². The lowest BCUT2D eigenvalue weighted by Gasteiger charge is -2.29. The van der Waals surface area contributed by atoms with Crippen molar-refractivity contribution < 1.29 is 8.83 Å². The van der Waals surface area contributed by atoms with Crippen molar-refractivity contribution in [2.45, 2.75) is 0 Å². The Bertz CT molecular complexity index is 3590. The number of rotatable bonds is 8. The zero-order valence-corrected chi connectivity index (χ0v) is 33.7. The molecule has 2 aromatic heterocycles. The van der Waals surface area contributed by atoms with Crippen molar-refractivity contribution in [2.24, 2.45) is 0 Å². The van der Waals surface area contributed by atoms with Gasteiger partial charge in [-0.2, -0.15) is 0 Å². The van der Waals surface area contributed by atoms with Gasteiger partial charge in [-0.1, -0.05) is 140 Å². The van der Waals surface area contributed by atoms with Gasteiger partial charge in [0.05, 0.1) is 27.8 Å². The molecule has 0 radical (unpaired) electrons. The Morgan fingerprint density at radius 2 is 0.758 bits per heavy atom. The van der Waals surface area contributed by atoms with Gasteiger partial charge in [0.1, 0.15) is 22.3 Å². The summed E-state index contributed by atoms with van der Waals surface area (Å²) in [4.78, 5) is 4.72. The second-order valence-electron chi connectivity index (χ2n) is 15.7. The van der Waals surface area contributed by atoms with E-state index in [-0.39, 0.29) is 0 Å². The van der Waals surface area contributed by atoms with Crippen LogP contribution < -0.4 is 9.80 Å². The van der Waals surface area contributed by atoms with E-state index in [9.17, 15) is 0 Å². The lowest BCUT2D eigenvalue weighted by Crippen LogP contribution is -2.11. The molecule has 0 bridgehead atoms. The topological polar surface area (TPSA) is 32.8 Å². The van der Waals surface area contributed by atoms with Gasteiger partial charge >= 0.3 is 0 Å². The molecule has 0 saturated carbocycles. The van der Waals surface area contributed by atoms with Gasteiger partial charge < -0.3 is 18.6 Å². The largest absolute Gasteiger partial charge is 0.456 e. The third kappa shape index (κ3) is 6.00. The van der Waals surface area contributed by atoms with E-state index < -0.39 is 0 Å². The molecular formula is C58H38N2O2. The highest BCUT2D eigenvalue weighted by Crippen LogP contribution is 2.48. The molecule has 62 heavy (non-hydrogen) atoms. The predicted octanol–water partition coefficient (Wildman–Crippen LogP) is 16.9. The number of benzene rings is 10. The summed E-state index contributed by atoms with van der Waals surface area (Å²) in [6, 6.07) is 81.7. The first kappa shape index (κ1) is 35.6. The highest BCUT2D eigenvalue weighted by Gasteiger charge is 2.23. The quantitative estimate of drug-likeness (QED) is 0.153. The van der Waals surface area contributed by atoms with Crippen LogP contribution in [0.5, 0.6) is 0 Å². The van der Waals surface area contributed by atoms with Crippen LogP contribution in [0.3, 0.4) is 0 Å². The molecule has 0 atom stereocenters. The minimum atomic E-state index is 0.857. The fourth-order valence-corrected chi connectivity index (χ4v) is 9.18. The summed E-state index contributed by atoms with van der Waals surface area (Å²) < 4.78 is 12.8. The summed E-state index contributed by atoms with van der Waals surface area (Å²) in [5.74, 6) is 0. The lowest BCUT2D eigenvalue weighted by atomic mass is 9.94. The highest BCUT2D eigenvalue weighted by atomic mass is 16.3. The maximum Gasteiger partial charge on any atom is 0.137 e. The third-order valence-corrected chi connectivity index (χ3v) is 12.0. The molecule has 0 amide bonds. The molecule has 0 spiro atoms. The summed E-state index contributed by atoms with van der Waals surface area (Å²) in [6.07, 6.45) is 0. The number of para-hydroxylation sites is 4. The summed E-state index contributed by atoms with van der Waals surface area (Å²) in [5, 5.41) is 6.76. The van der Waals surface area contributed by atoms with Crippen molar-refractivity contribution in [3.63, 3.8) is 0 Å². The van der Waals surface area contributed by atoms with Crippen LogP contribution in [0.2, 0.25) is 0 Å². The van der Waals surface area contributed by atoms with Crippen molar-refractivity contribution in [3.8, 4) is 22.3 Å². The average Bonchev–Trinajstić information content (AvgIpc) is 3.92. The molecule has 0 aliphatic rings. The van der Waals surface area contributed by atoms with Crippen LogP contribution in [-0.4, -0.2) is 0 Å². The molecule has 0 saturated heterocycles. The van der Waals surface area contributed by atoms with Crippen molar-refractivity contribution >= 4 is 88.8 Å². The Labute approximate surface area is 358 Å². The predicted molar refractivity (Wildman–Crippen MR) is 259 cm³/mol. The van der Waals surface area contributed by atoms with E-state index in [1.54, 1.807) is 0 Å². The Morgan fingerprint density at radius 1 is 0.274 bits per heavy atom. The second-order valence-corrected chi connectivity index (χ2v) is 15.7.